The van der Waals surface area contributed by atoms with Gasteiger partial charge in [-0.05, 0) is 24.6 Å². The van der Waals surface area contributed by atoms with Crippen LogP contribution in [0.15, 0.2) is 35.1 Å². The van der Waals surface area contributed by atoms with Crippen molar-refractivity contribution in [2.45, 2.75) is 13.3 Å². The van der Waals surface area contributed by atoms with Crippen molar-refractivity contribution in [3.05, 3.63) is 30.7 Å². The Morgan fingerprint density at radius 2 is 2.20 bits per heavy atom. The molecule has 2 aromatic rings. The standard InChI is InChI=1S/C11H13N3O/c1-2-6-12-11-4-3-10(13-14-11)9-5-7-15-8-9/h3-5,7-8H,2,6H2,1H3,(H,12,14). The maximum Gasteiger partial charge on any atom is 0.148 e. The molecule has 0 saturated heterocycles. The first-order valence-electron chi connectivity index (χ1n) is 5.00. The van der Waals surface area contributed by atoms with E-state index in [1.807, 2.05) is 18.2 Å². The lowest BCUT2D eigenvalue weighted by Crippen LogP contribution is -2.02. The molecule has 0 radical (unpaired) electrons. The van der Waals surface area contributed by atoms with Gasteiger partial charge in [-0.15, -0.1) is 10.2 Å². The Hall–Kier alpha value is -1.84. The molecule has 2 rings (SSSR count). The molecular formula is C11H13N3O. The van der Waals surface area contributed by atoms with Crippen LogP contribution in [0.25, 0.3) is 11.3 Å². The van der Waals surface area contributed by atoms with Crippen LogP contribution in [-0.2, 0) is 0 Å². The third-order valence-electron chi connectivity index (χ3n) is 2.04. The molecule has 0 spiro atoms. The van der Waals surface area contributed by atoms with Gasteiger partial charge in [0.15, 0.2) is 0 Å². The van der Waals surface area contributed by atoms with Gasteiger partial charge in [0.05, 0.1) is 18.2 Å². The van der Waals surface area contributed by atoms with Crippen LogP contribution >= 0.6 is 0 Å². The number of hydrogen-bond donors (Lipinski definition) is 1. The van der Waals surface area contributed by atoms with Crippen LogP contribution in [0.4, 0.5) is 5.82 Å². The molecule has 2 aromatic heterocycles. The Bertz CT molecular complexity index is 394. The highest BCUT2D eigenvalue weighted by molar-refractivity contribution is 5.57. The molecule has 78 valence electrons. The third-order valence-corrected chi connectivity index (χ3v) is 2.04. The molecule has 2 heterocycles. The minimum atomic E-state index is 0.809. The van der Waals surface area contributed by atoms with E-state index in [4.69, 9.17) is 4.42 Å². The first kappa shape index (κ1) is 9.71. The highest BCUT2D eigenvalue weighted by Gasteiger charge is 2.01. The first-order valence-corrected chi connectivity index (χ1v) is 5.00. The Balaban J connectivity index is 2.11. The average Bonchev–Trinajstić information content (AvgIpc) is 2.80. The molecule has 0 aliphatic carbocycles. The zero-order chi connectivity index (χ0) is 10.5. The Morgan fingerprint density at radius 3 is 2.80 bits per heavy atom. The minimum Gasteiger partial charge on any atom is -0.472 e. The molecule has 1 N–H and O–H groups in total. The summed E-state index contributed by atoms with van der Waals surface area (Å²) in [7, 11) is 0. The number of furan rings is 1. The topological polar surface area (TPSA) is 51.0 Å². The molecule has 15 heavy (non-hydrogen) atoms. The molecule has 0 fully saturated rings. The minimum absolute atomic E-state index is 0.809. The van der Waals surface area contributed by atoms with E-state index in [0.717, 1.165) is 30.0 Å². The van der Waals surface area contributed by atoms with Gasteiger partial charge in [-0.1, -0.05) is 6.92 Å². The van der Waals surface area contributed by atoms with Crippen molar-refractivity contribution in [3.8, 4) is 11.3 Å². The number of anilines is 1. The van der Waals surface area contributed by atoms with E-state index in [1.54, 1.807) is 12.5 Å². The average molecular weight is 203 g/mol. The van der Waals surface area contributed by atoms with E-state index in [0.29, 0.717) is 0 Å². The van der Waals surface area contributed by atoms with Gasteiger partial charge in [-0.3, -0.25) is 0 Å². The summed E-state index contributed by atoms with van der Waals surface area (Å²) in [6.45, 7) is 3.03. The summed E-state index contributed by atoms with van der Waals surface area (Å²) >= 11 is 0. The summed E-state index contributed by atoms with van der Waals surface area (Å²) < 4.78 is 4.98. The SMILES string of the molecule is CCCNc1ccc(-c2ccoc2)nn1. The number of hydrogen-bond acceptors (Lipinski definition) is 4. The molecule has 0 aliphatic heterocycles. The summed E-state index contributed by atoms with van der Waals surface area (Å²) in [4.78, 5) is 0. The van der Waals surface area contributed by atoms with Gasteiger partial charge in [-0.25, -0.2) is 0 Å². The normalized spacial score (nSPS) is 10.2. The van der Waals surface area contributed by atoms with Crippen molar-refractivity contribution < 1.29 is 4.42 Å². The second-order valence-electron chi connectivity index (χ2n) is 3.24. The summed E-state index contributed by atoms with van der Waals surface area (Å²) in [6.07, 6.45) is 4.36. The zero-order valence-electron chi connectivity index (χ0n) is 8.60. The maximum atomic E-state index is 4.98. The van der Waals surface area contributed by atoms with Crippen molar-refractivity contribution in [2.75, 3.05) is 11.9 Å². The Kier molecular flexibility index (Phi) is 2.97. The van der Waals surface area contributed by atoms with Crippen molar-refractivity contribution in [1.82, 2.24) is 10.2 Å². The smallest absolute Gasteiger partial charge is 0.148 e. The van der Waals surface area contributed by atoms with Crippen molar-refractivity contribution in [1.29, 1.82) is 0 Å². The first-order chi connectivity index (χ1) is 7.40. The van der Waals surface area contributed by atoms with E-state index in [-0.39, 0.29) is 0 Å². The van der Waals surface area contributed by atoms with Crippen LogP contribution < -0.4 is 5.32 Å². The number of nitrogens with one attached hydrogen (secondary N) is 1. The fraction of sp³-hybridized carbons (Fsp3) is 0.273. The highest BCUT2D eigenvalue weighted by atomic mass is 16.3. The lowest BCUT2D eigenvalue weighted by atomic mass is 10.2. The van der Waals surface area contributed by atoms with Gasteiger partial charge >= 0.3 is 0 Å². The molecule has 0 unspecified atom stereocenters. The van der Waals surface area contributed by atoms with Gasteiger partial charge in [0.2, 0.25) is 0 Å². The molecular weight excluding hydrogens is 190 g/mol. The number of rotatable bonds is 4. The van der Waals surface area contributed by atoms with Crippen LogP contribution in [0.1, 0.15) is 13.3 Å². The molecule has 0 atom stereocenters. The Labute approximate surface area is 88.3 Å². The van der Waals surface area contributed by atoms with E-state index in [2.05, 4.69) is 22.4 Å². The van der Waals surface area contributed by atoms with Crippen LogP contribution in [0, 0.1) is 0 Å². The summed E-state index contributed by atoms with van der Waals surface area (Å²) in [5.74, 6) is 0.809. The summed E-state index contributed by atoms with van der Waals surface area (Å²) in [5.41, 5.74) is 1.77. The van der Waals surface area contributed by atoms with Crippen LogP contribution in [0.2, 0.25) is 0 Å². The van der Waals surface area contributed by atoms with Crippen molar-refractivity contribution in [2.24, 2.45) is 0 Å². The molecule has 4 heteroatoms. The lowest BCUT2D eigenvalue weighted by Gasteiger charge is -2.02. The number of aromatic nitrogens is 2. The molecule has 0 amide bonds. The number of nitrogens with zero attached hydrogens (tertiary/aromatic N) is 2. The highest BCUT2D eigenvalue weighted by Crippen LogP contribution is 2.16. The van der Waals surface area contributed by atoms with E-state index >= 15 is 0 Å². The molecule has 0 saturated carbocycles. The van der Waals surface area contributed by atoms with E-state index < -0.39 is 0 Å². The summed E-state index contributed by atoms with van der Waals surface area (Å²) in [5, 5.41) is 11.3. The molecule has 0 bridgehead atoms. The largest absolute Gasteiger partial charge is 0.472 e. The zero-order valence-corrected chi connectivity index (χ0v) is 8.60. The molecule has 0 aromatic carbocycles. The quantitative estimate of drug-likeness (QED) is 0.829. The molecule has 0 aliphatic rings. The van der Waals surface area contributed by atoms with Crippen LogP contribution in [-0.4, -0.2) is 16.7 Å². The lowest BCUT2D eigenvalue weighted by molar-refractivity contribution is 0.568. The van der Waals surface area contributed by atoms with Crippen molar-refractivity contribution in [3.63, 3.8) is 0 Å². The predicted molar refractivity (Wildman–Crippen MR) is 58.5 cm³/mol. The fourth-order valence-corrected chi connectivity index (χ4v) is 1.24. The second-order valence-corrected chi connectivity index (χ2v) is 3.24. The van der Waals surface area contributed by atoms with Gasteiger partial charge < -0.3 is 9.73 Å². The van der Waals surface area contributed by atoms with Gasteiger partial charge in [0, 0.05) is 12.1 Å². The fourth-order valence-electron chi connectivity index (χ4n) is 1.24. The van der Waals surface area contributed by atoms with E-state index in [9.17, 15) is 0 Å². The van der Waals surface area contributed by atoms with Crippen molar-refractivity contribution >= 4 is 5.82 Å². The van der Waals surface area contributed by atoms with Crippen LogP contribution in [0.5, 0.6) is 0 Å². The van der Waals surface area contributed by atoms with Gasteiger partial charge in [0.25, 0.3) is 0 Å². The predicted octanol–water partition coefficient (Wildman–Crippen LogP) is 2.56. The second kappa shape index (κ2) is 4.59. The summed E-state index contributed by atoms with van der Waals surface area (Å²) in [6, 6.07) is 5.71. The van der Waals surface area contributed by atoms with E-state index in [1.165, 1.54) is 0 Å². The molecule has 4 nitrogen and oxygen atoms in total. The monoisotopic (exact) mass is 203 g/mol. The maximum absolute atomic E-state index is 4.98. The van der Waals surface area contributed by atoms with Gasteiger partial charge in [-0.2, -0.15) is 0 Å². The van der Waals surface area contributed by atoms with Gasteiger partial charge in [0.1, 0.15) is 5.82 Å². The van der Waals surface area contributed by atoms with Crippen LogP contribution in [0.3, 0.4) is 0 Å². The Morgan fingerprint density at radius 1 is 1.27 bits per heavy atom. The third kappa shape index (κ3) is 2.34.